The zero-order chi connectivity index (χ0) is 11.4. The third-order valence-electron chi connectivity index (χ3n) is 1.87. The van der Waals surface area contributed by atoms with Crippen LogP contribution in [0.25, 0.3) is 0 Å². The molecule has 7 heteroatoms. The lowest BCUT2D eigenvalue weighted by Gasteiger charge is -2.12. The molecule has 1 amide bonds. The number of nitrogen functional groups attached to an aromatic ring is 1. The highest BCUT2D eigenvalue weighted by atomic mass is 32.2. The number of anilines is 2. The van der Waals surface area contributed by atoms with Gasteiger partial charge in [-0.25, -0.2) is 0 Å². The van der Waals surface area contributed by atoms with Crippen molar-refractivity contribution in [2.45, 2.75) is 17.9 Å². The van der Waals surface area contributed by atoms with Crippen LogP contribution in [0.5, 0.6) is 0 Å². The minimum atomic E-state index is -0.291. The summed E-state index contributed by atoms with van der Waals surface area (Å²) < 4.78 is 4.03. The number of carbonyl (C=O) groups excluding carboxylic acids is 1. The summed E-state index contributed by atoms with van der Waals surface area (Å²) in [5.41, 5.74) is 5.67. The highest BCUT2D eigenvalue weighted by molar-refractivity contribution is 7.99. The van der Waals surface area contributed by atoms with Gasteiger partial charge in [-0.2, -0.15) is 4.37 Å². The first-order valence-corrected chi connectivity index (χ1v) is 6.37. The summed E-state index contributed by atoms with van der Waals surface area (Å²) in [6.07, 6.45) is 1.93. The molecule has 5 nitrogen and oxygen atoms in total. The van der Waals surface area contributed by atoms with Crippen LogP contribution in [-0.4, -0.2) is 29.6 Å². The van der Waals surface area contributed by atoms with Gasteiger partial charge in [0.2, 0.25) is 5.91 Å². The van der Waals surface area contributed by atoms with E-state index in [1.54, 1.807) is 14.0 Å². The van der Waals surface area contributed by atoms with Crippen LogP contribution in [0.15, 0.2) is 4.90 Å². The fourth-order valence-electron chi connectivity index (χ4n) is 1.06. The Balaban J connectivity index is 2.76. The monoisotopic (exact) mass is 246 g/mol. The quantitative estimate of drug-likeness (QED) is 0.690. The number of rotatable bonds is 4. The van der Waals surface area contributed by atoms with Crippen molar-refractivity contribution in [2.75, 3.05) is 24.4 Å². The Kier molecular flexibility index (Phi) is 4.22. The van der Waals surface area contributed by atoms with Crippen molar-refractivity contribution in [3.8, 4) is 0 Å². The number of likely N-dealkylation sites (N-methyl/N-ethyl adjacent to an activating group) is 1. The molecule has 0 aliphatic rings. The van der Waals surface area contributed by atoms with Gasteiger partial charge in [0.25, 0.3) is 0 Å². The Morgan fingerprint density at radius 1 is 1.67 bits per heavy atom. The molecule has 1 rings (SSSR count). The van der Waals surface area contributed by atoms with Crippen molar-refractivity contribution in [3.05, 3.63) is 0 Å². The van der Waals surface area contributed by atoms with E-state index >= 15 is 0 Å². The lowest BCUT2D eigenvalue weighted by molar-refractivity contribution is -0.121. The molecule has 1 aromatic heterocycles. The van der Waals surface area contributed by atoms with Crippen molar-refractivity contribution in [2.24, 2.45) is 0 Å². The summed E-state index contributed by atoms with van der Waals surface area (Å²) in [4.78, 5) is 12.2. The van der Waals surface area contributed by atoms with Gasteiger partial charge in [0.05, 0.1) is 4.90 Å². The number of amides is 1. The van der Waals surface area contributed by atoms with E-state index in [2.05, 4.69) is 15.0 Å². The Hall–Kier alpha value is -0.950. The second-order valence-corrected chi connectivity index (χ2v) is 4.50. The van der Waals surface area contributed by atoms with Gasteiger partial charge in [0, 0.05) is 7.05 Å². The molecular formula is C8H14N4OS2. The zero-order valence-corrected chi connectivity index (χ0v) is 10.5. The maximum absolute atomic E-state index is 11.3. The minimum absolute atomic E-state index is 0.0611. The molecule has 0 aromatic carbocycles. The second-order valence-electron chi connectivity index (χ2n) is 2.91. The van der Waals surface area contributed by atoms with Crippen LogP contribution in [0.1, 0.15) is 6.92 Å². The summed E-state index contributed by atoms with van der Waals surface area (Å²) in [6, 6.07) is -0.291. The molecule has 0 saturated carbocycles. The maximum atomic E-state index is 11.3. The number of hydrogen-bond acceptors (Lipinski definition) is 6. The van der Waals surface area contributed by atoms with Crippen molar-refractivity contribution in [1.29, 1.82) is 0 Å². The van der Waals surface area contributed by atoms with Crippen molar-refractivity contribution < 1.29 is 4.79 Å². The molecule has 1 unspecified atom stereocenters. The summed E-state index contributed by atoms with van der Waals surface area (Å²) in [6.45, 7) is 1.79. The van der Waals surface area contributed by atoms with Gasteiger partial charge in [0.1, 0.15) is 11.0 Å². The fraction of sp³-hybridized carbons (Fsp3) is 0.500. The summed E-state index contributed by atoms with van der Waals surface area (Å²) in [5, 5.41) is 6.49. The number of carbonyl (C=O) groups is 1. The van der Waals surface area contributed by atoms with E-state index in [1.165, 1.54) is 23.3 Å². The normalized spacial score (nSPS) is 12.2. The third kappa shape index (κ3) is 2.75. The van der Waals surface area contributed by atoms with Gasteiger partial charge in [-0.3, -0.25) is 4.79 Å². The molecule has 15 heavy (non-hydrogen) atoms. The van der Waals surface area contributed by atoms with E-state index in [-0.39, 0.29) is 11.9 Å². The van der Waals surface area contributed by atoms with Gasteiger partial charge in [-0.05, 0) is 24.7 Å². The minimum Gasteiger partial charge on any atom is -0.382 e. The van der Waals surface area contributed by atoms with Crippen LogP contribution in [0.2, 0.25) is 0 Å². The Morgan fingerprint density at radius 3 is 2.87 bits per heavy atom. The number of nitrogens with zero attached hydrogens (tertiary/aromatic N) is 1. The van der Waals surface area contributed by atoms with Crippen LogP contribution in [0.3, 0.4) is 0 Å². The number of nitrogens with one attached hydrogen (secondary N) is 2. The molecule has 0 radical (unpaired) electrons. The lowest BCUT2D eigenvalue weighted by Crippen LogP contribution is -2.35. The molecule has 0 aliphatic heterocycles. The molecular weight excluding hydrogens is 232 g/mol. The van der Waals surface area contributed by atoms with Crippen molar-refractivity contribution >= 4 is 40.0 Å². The van der Waals surface area contributed by atoms with Crippen LogP contribution in [-0.2, 0) is 4.79 Å². The van der Waals surface area contributed by atoms with E-state index in [4.69, 9.17) is 5.73 Å². The summed E-state index contributed by atoms with van der Waals surface area (Å²) in [5.74, 6) is 0.452. The molecule has 0 fully saturated rings. The SMILES string of the molecule is CNC(=O)C(C)Nc1snc(N)c1SC. The Morgan fingerprint density at radius 2 is 2.33 bits per heavy atom. The summed E-state index contributed by atoms with van der Waals surface area (Å²) in [7, 11) is 1.61. The predicted octanol–water partition coefficient (Wildman–Crippen LogP) is 0.994. The highest BCUT2D eigenvalue weighted by Crippen LogP contribution is 2.34. The van der Waals surface area contributed by atoms with Crippen LogP contribution in [0.4, 0.5) is 10.8 Å². The first-order valence-electron chi connectivity index (χ1n) is 4.37. The molecule has 0 bridgehead atoms. The predicted molar refractivity (Wildman–Crippen MR) is 65.5 cm³/mol. The second kappa shape index (κ2) is 5.22. The molecule has 1 heterocycles. The Bertz CT molecular complexity index is 352. The van der Waals surface area contributed by atoms with E-state index in [9.17, 15) is 4.79 Å². The topological polar surface area (TPSA) is 80.0 Å². The fourth-order valence-corrected chi connectivity index (χ4v) is 2.68. The molecule has 0 aliphatic carbocycles. The van der Waals surface area contributed by atoms with Crippen molar-refractivity contribution in [3.63, 3.8) is 0 Å². The van der Waals surface area contributed by atoms with Gasteiger partial charge < -0.3 is 16.4 Å². The van der Waals surface area contributed by atoms with E-state index in [0.29, 0.717) is 5.82 Å². The van der Waals surface area contributed by atoms with Crippen LogP contribution < -0.4 is 16.4 Å². The number of aromatic nitrogens is 1. The van der Waals surface area contributed by atoms with Gasteiger partial charge in [-0.1, -0.05) is 0 Å². The average molecular weight is 246 g/mol. The average Bonchev–Trinajstić information content (AvgIpc) is 2.57. The van der Waals surface area contributed by atoms with E-state index in [1.807, 2.05) is 6.26 Å². The standard InChI is InChI=1S/C8H14N4OS2/c1-4(7(13)10-2)11-8-5(14-3)6(9)12-15-8/h4,11H,1-3H3,(H2,9,12)(H,10,13). The largest absolute Gasteiger partial charge is 0.382 e. The van der Waals surface area contributed by atoms with Gasteiger partial charge in [0.15, 0.2) is 5.82 Å². The third-order valence-corrected chi connectivity index (χ3v) is 3.61. The molecule has 0 spiro atoms. The van der Waals surface area contributed by atoms with Crippen LogP contribution in [0, 0.1) is 0 Å². The summed E-state index contributed by atoms with van der Waals surface area (Å²) >= 11 is 2.79. The number of nitrogens with two attached hydrogens (primary N) is 1. The number of thioether (sulfide) groups is 1. The highest BCUT2D eigenvalue weighted by Gasteiger charge is 2.16. The molecule has 84 valence electrons. The van der Waals surface area contributed by atoms with Crippen LogP contribution >= 0.6 is 23.3 Å². The van der Waals surface area contributed by atoms with Gasteiger partial charge in [-0.15, -0.1) is 11.8 Å². The number of hydrogen-bond donors (Lipinski definition) is 3. The molecule has 4 N–H and O–H groups in total. The molecule has 1 aromatic rings. The molecule has 1 atom stereocenters. The first-order chi connectivity index (χ1) is 7.10. The Labute approximate surface area is 97.0 Å². The van der Waals surface area contributed by atoms with Crippen molar-refractivity contribution in [1.82, 2.24) is 9.69 Å². The maximum Gasteiger partial charge on any atom is 0.241 e. The van der Waals surface area contributed by atoms with Gasteiger partial charge >= 0.3 is 0 Å². The molecule has 0 saturated heterocycles. The first kappa shape index (κ1) is 12.1. The lowest BCUT2D eigenvalue weighted by atomic mass is 10.3. The smallest absolute Gasteiger partial charge is 0.241 e. The zero-order valence-electron chi connectivity index (χ0n) is 8.83. The van der Waals surface area contributed by atoms with E-state index < -0.39 is 0 Å². The van der Waals surface area contributed by atoms with E-state index in [0.717, 1.165) is 9.90 Å².